The van der Waals surface area contributed by atoms with Gasteiger partial charge in [0, 0.05) is 43.6 Å². The number of Topliss-reactive ketones (excluding diaryl/α,β-unsaturated/α-hetero) is 1. The maximum atomic E-state index is 13.1. The zero-order chi connectivity index (χ0) is 25.1. The van der Waals surface area contributed by atoms with Crippen molar-refractivity contribution in [2.24, 2.45) is 5.73 Å². The number of hydrogen-bond acceptors (Lipinski definition) is 5. The molecule has 0 bridgehead atoms. The molecule has 0 aliphatic heterocycles. The molecule has 1 heterocycles. The number of halogens is 1. The second kappa shape index (κ2) is 17.9. The minimum absolute atomic E-state index is 0.0143. The number of aromatic nitrogens is 1. The van der Waals surface area contributed by atoms with E-state index in [1.54, 1.807) is 36.7 Å². The highest BCUT2D eigenvalue weighted by Gasteiger charge is 2.01. The molecular weight excluding hydrogens is 423 g/mol. The van der Waals surface area contributed by atoms with Crippen LogP contribution in [0.15, 0.2) is 60.9 Å². The summed E-state index contributed by atoms with van der Waals surface area (Å²) in [4.78, 5) is 47.4. The summed E-state index contributed by atoms with van der Waals surface area (Å²) >= 11 is 0. The molecule has 1 aromatic carbocycles. The van der Waals surface area contributed by atoms with Crippen LogP contribution in [-0.4, -0.2) is 28.2 Å². The van der Waals surface area contributed by atoms with Gasteiger partial charge >= 0.3 is 0 Å². The van der Waals surface area contributed by atoms with Crippen molar-refractivity contribution in [1.29, 1.82) is 0 Å². The van der Waals surface area contributed by atoms with E-state index in [4.69, 9.17) is 5.73 Å². The maximum absolute atomic E-state index is 13.1. The third-order valence-electron chi connectivity index (χ3n) is 3.86. The van der Waals surface area contributed by atoms with Crippen LogP contribution in [0.4, 0.5) is 4.39 Å². The van der Waals surface area contributed by atoms with E-state index < -0.39 is 5.91 Å². The van der Waals surface area contributed by atoms with Gasteiger partial charge in [0.15, 0.2) is 11.6 Å². The molecule has 2 rings (SSSR count). The van der Waals surface area contributed by atoms with Crippen molar-refractivity contribution in [1.82, 2.24) is 4.98 Å². The molecule has 0 aliphatic carbocycles. The van der Waals surface area contributed by atoms with Gasteiger partial charge in [0.1, 0.15) is 11.6 Å². The normalized spacial score (nSPS) is 10.1. The van der Waals surface area contributed by atoms with E-state index in [1.165, 1.54) is 31.2 Å². The summed E-state index contributed by atoms with van der Waals surface area (Å²) in [6.07, 6.45) is 9.87. The van der Waals surface area contributed by atoms with E-state index in [0.29, 0.717) is 12.0 Å². The van der Waals surface area contributed by atoms with Crippen LogP contribution in [-0.2, 0) is 19.2 Å². The molecule has 6 nitrogen and oxygen atoms in total. The Morgan fingerprint density at radius 1 is 0.848 bits per heavy atom. The molecule has 2 N–H and O–H groups in total. The Morgan fingerprint density at radius 3 is 1.94 bits per heavy atom. The zero-order valence-corrected chi connectivity index (χ0v) is 19.3. The topological polar surface area (TPSA) is 107 Å². The monoisotopic (exact) mass is 454 g/mol. The lowest BCUT2D eigenvalue weighted by atomic mass is 10.1. The largest absolute Gasteiger partial charge is 0.370 e. The van der Waals surface area contributed by atoms with Crippen molar-refractivity contribution in [3.8, 4) is 0 Å². The molecule has 1 amide bonds. The lowest BCUT2D eigenvalue weighted by Gasteiger charge is -1.95. The Hall–Kier alpha value is -3.74. The highest BCUT2D eigenvalue weighted by molar-refractivity contribution is 5.96. The fourth-order valence-corrected chi connectivity index (χ4v) is 2.17. The summed E-state index contributed by atoms with van der Waals surface area (Å²) in [5.41, 5.74) is 6.17. The second-order valence-electron chi connectivity index (χ2n) is 6.57. The van der Waals surface area contributed by atoms with E-state index in [9.17, 15) is 23.6 Å². The van der Waals surface area contributed by atoms with Gasteiger partial charge in [-0.2, -0.15) is 0 Å². The summed E-state index contributed by atoms with van der Waals surface area (Å²) in [5, 5.41) is 0. The Balaban J connectivity index is 0.000000578. The molecule has 0 radical (unpaired) electrons. The zero-order valence-electron chi connectivity index (χ0n) is 19.3. The summed E-state index contributed by atoms with van der Waals surface area (Å²) in [5.74, 6) is -1.14. The summed E-state index contributed by atoms with van der Waals surface area (Å²) < 4.78 is 13.1. The van der Waals surface area contributed by atoms with Gasteiger partial charge in [-0.3, -0.25) is 19.4 Å². The highest BCUT2D eigenvalue weighted by Crippen LogP contribution is 2.08. The number of amides is 1. The van der Waals surface area contributed by atoms with Gasteiger partial charge in [-0.25, -0.2) is 4.39 Å². The first kappa shape index (κ1) is 29.3. The number of allylic oxidation sites excluding steroid dienone is 2. The van der Waals surface area contributed by atoms with Gasteiger partial charge < -0.3 is 10.5 Å². The Bertz CT molecular complexity index is 954. The number of hydrogen-bond donors (Lipinski definition) is 1. The molecule has 33 heavy (non-hydrogen) atoms. The number of rotatable bonds is 10. The number of carbonyl (C=O) groups excluding carboxylic acids is 4. The van der Waals surface area contributed by atoms with Crippen molar-refractivity contribution in [3.05, 3.63) is 77.9 Å². The van der Waals surface area contributed by atoms with E-state index in [1.807, 2.05) is 26.0 Å². The van der Waals surface area contributed by atoms with Gasteiger partial charge in [0.25, 0.3) is 0 Å². The van der Waals surface area contributed by atoms with Gasteiger partial charge in [0.2, 0.25) is 5.91 Å². The van der Waals surface area contributed by atoms with Crippen LogP contribution < -0.4 is 5.73 Å². The average molecular weight is 455 g/mol. The Morgan fingerprint density at radius 2 is 1.39 bits per heavy atom. The summed E-state index contributed by atoms with van der Waals surface area (Å²) in [6.45, 7) is 5.49. The van der Waals surface area contributed by atoms with Crippen LogP contribution in [0.1, 0.15) is 57.6 Å². The minimum atomic E-state index is -0.521. The highest BCUT2D eigenvalue weighted by atomic mass is 19.1. The van der Waals surface area contributed by atoms with Crippen molar-refractivity contribution in [2.45, 2.75) is 46.5 Å². The number of nitrogens with zero attached hydrogens (tertiary/aromatic N) is 1. The third-order valence-corrected chi connectivity index (χ3v) is 3.86. The van der Waals surface area contributed by atoms with Crippen LogP contribution in [0.3, 0.4) is 0 Å². The molecule has 1 aromatic heterocycles. The van der Waals surface area contributed by atoms with Crippen LogP contribution in [0.2, 0.25) is 0 Å². The van der Waals surface area contributed by atoms with Gasteiger partial charge in [-0.05, 0) is 48.9 Å². The van der Waals surface area contributed by atoms with E-state index in [2.05, 4.69) is 4.98 Å². The van der Waals surface area contributed by atoms with Crippen molar-refractivity contribution in [3.63, 3.8) is 0 Å². The van der Waals surface area contributed by atoms with Crippen LogP contribution in [0.5, 0.6) is 0 Å². The molecule has 2 aromatic rings. The predicted octanol–water partition coefficient (Wildman–Crippen LogP) is 4.73. The number of ketones is 3. The third kappa shape index (κ3) is 15.7. The maximum Gasteiger partial charge on any atom is 0.217 e. The van der Waals surface area contributed by atoms with Crippen LogP contribution in [0, 0.1) is 5.82 Å². The lowest BCUT2D eigenvalue weighted by Crippen LogP contribution is -2.11. The first-order chi connectivity index (χ1) is 15.8. The van der Waals surface area contributed by atoms with Crippen molar-refractivity contribution in [2.75, 3.05) is 0 Å². The van der Waals surface area contributed by atoms with Gasteiger partial charge in [-0.1, -0.05) is 38.1 Å². The predicted molar refractivity (Wildman–Crippen MR) is 128 cm³/mol. The number of benzene rings is 1. The van der Waals surface area contributed by atoms with Crippen LogP contribution in [0.25, 0.3) is 12.2 Å². The Labute approximate surface area is 194 Å². The van der Waals surface area contributed by atoms with Gasteiger partial charge in [-0.15, -0.1) is 0 Å². The molecule has 0 unspecified atom stereocenters. The summed E-state index contributed by atoms with van der Waals surface area (Å²) in [7, 11) is 0. The molecule has 7 heteroatoms. The smallest absolute Gasteiger partial charge is 0.217 e. The molecule has 176 valence electrons. The fourth-order valence-electron chi connectivity index (χ4n) is 2.17. The number of nitrogens with two attached hydrogens (primary N) is 1. The first-order valence-corrected chi connectivity index (χ1v) is 10.6. The molecule has 0 spiro atoms. The van der Waals surface area contributed by atoms with Crippen LogP contribution >= 0.6 is 0 Å². The SMILES string of the molecule is CC.CC(=O)CCC(=O)/C=C/c1ccncc1.NC(=O)CCC(=O)/C=C/c1ccccc1F. The fraction of sp³-hybridized carbons (Fsp3) is 0.269. The molecular formula is C26H31FN2O4. The molecule has 0 saturated carbocycles. The van der Waals surface area contributed by atoms with Gasteiger partial charge in [0.05, 0.1) is 0 Å². The molecule has 0 saturated heterocycles. The van der Waals surface area contributed by atoms with E-state index in [0.717, 1.165) is 5.56 Å². The van der Waals surface area contributed by atoms with E-state index >= 15 is 0 Å². The lowest BCUT2D eigenvalue weighted by molar-refractivity contribution is -0.121. The van der Waals surface area contributed by atoms with E-state index in [-0.39, 0.29) is 42.4 Å². The molecule has 0 aliphatic rings. The summed E-state index contributed by atoms with van der Waals surface area (Å²) in [6, 6.07) is 9.75. The number of primary amides is 1. The standard InChI is InChI=1S/C12H12FNO2.C12H13NO2.C2H6/c13-11-4-2-1-3-9(11)5-6-10(15)7-8-12(14)16;1-10(14)2-4-12(15)5-3-11-6-8-13-9-7-11;1-2/h1-6H,7-8H2,(H2,14,16);3,5-9H,2,4H2,1H3;1-2H3/b6-5+;5-3+;. The molecule has 0 atom stereocenters. The van der Waals surface area contributed by atoms with Crippen molar-refractivity contribution < 1.29 is 23.6 Å². The second-order valence-corrected chi connectivity index (χ2v) is 6.57. The Kier molecular flexibility index (Phi) is 15.9. The minimum Gasteiger partial charge on any atom is -0.370 e. The first-order valence-electron chi connectivity index (χ1n) is 10.6. The van der Waals surface area contributed by atoms with Crippen molar-refractivity contribution >= 4 is 35.4 Å². The molecule has 0 fully saturated rings. The quantitative estimate of drug-likeness (QED) is 0.522. The number of carbonyl (C=O) groups is 4. The number of pyridine rings is 1. The average Bonchev–Trinajstić information content (AvgIpc) is 2.82.